The van der Waals surface area contributed by atoms with Gasteiger partial charge in [0.15, 0.2) is 5.76 Å². The monoisotopic (exact) mass is 502 g/mol. The third-order valence-electron chi connectivity index (χ3n) is 5.68. The van der Waals surface area contributed by atoms with Gasteiger partial charge < -0.3 is 14.5 Å². The second kappa shape index (κ2) is 9.28. The van der Waals surface area contributed by atoms with Gasteiger partial charge in [0.1, 0.15) is 5.00 Å². The zero-order valence-electron chi connectivity index (χ0n) is 18.1. The standard InChI is InChI=1S/C24H27BrN2O3S/c1-14-12-27(13-15(2)30-14)22(18-7-9-19(25)10-8-18)21-16(3)17(4)31-24(21)26-23(28)20-6-5-11-29-20/h5-11,14-15,22H,12-13H2,1-4H3,(H,26,28)/t14-,15+,22-/m0/s1. The van der Waals surface area contributed by atoms with Crippen molar-refractivity contribution >= 4 is 38.2 Å². The number of morpholine rings is 1. The van der Waals surface area contributed by atoms with Crippen LogP contribution in [0.3, 0.4) is 0 Å². The van der Waals surface area contributed by atoms with E-state index in [1.54, 1.807) is 23.5 Å². The summed E-state index contributed by atoms with van der Waals surface area (Å²) in [6.45, 7) is 10.1. The van der Waals surface area contributed by atoms with Crippen molar-refractivity contribution in [2.24, 2.45) is 0 Å². The first-order valence-corrected chi connectivity index (χ1v) is 12.0. The van der Waals surface area contributed by atoms with Crippen LogP contribution in [0, 0.1) is 13.8 Å². The fourth-order valence-corrected chi connectivity index (χ4v) is 5.62. The average molecular weight is 503 g/mol. The molecule has 0 spiro atoms. The Morgan fingerprint density at radius 3 is 2.45 bits per heavy atom. The first-order chi connectivity index (χ1) is 14.8. The third-order valence-corrected chi connectivity index (χ3v) is 7.34. The molecule has 0 aliphatic carbocycles. The van der Waals surface area contributed by atoms with E-state index in [9.17, 15) is 4.79 Å². The van der Waals surface area contributed by atoms with E-state index in [0.717, 1.165) is 28.1 Å². The highest BCUT2D eigenvalue weighted by molar-refractivity contribution is 9.10. The highest BCUT2D eigenvalue weighted by atomic mass is 79.9. The van der Waals surface area contributed by atoms with Gasteiger partial charge in [0.2, 0.25) is 0 Å². The van der Waals surface area contributed by atoms with Gasteiger partial charge in [-0.1, -0.05) is 28.1 Å². The molecule has 0 radical (unpaired) electrons. The van der Waals surface area contributed by atoms with E-state index in [2.05, 4.69) is 78.1 Å². The molecule has 31 heavy (non-hydrogen) atoms. The number of hydrogen-bond donors (Lipinski definition) is 1. The summed E-state index contributed by atoms with van der Waals surface area (Å²) in [4.78, 5) is 16.5. The van der Waals surface area contributed by atoms with Gasteiger partial charge in [0.25, 0.3) is 5.91 Å². The molecule has 0 unspecified atom stereocenters. The molecule has 1 N–H and O–H groups in total. The van der Waals surface area contributed by atoms with Gasteiger partial charge in [0, 0.05) is 28.0 Å². The van der Waals surface area contributed by atoms with E-state index in [1.807, 2.05) is 0 Å². The van der Waals surface area contributed by atoms with Crippen molar-refractivity contribution in [3.63, 3.8) is 0 Å². The minimum atomic E-state index is -0.231. The van der Waals surface area contributed by atoms with Crippen LogP contribution in [0.5, 0.6) is 0 Å². The van der Waals surface area contributed by atoms with Gasteiger partial charge in [0.05, 0.1) is 24.5 Å². The van der Waals surface area contributed by atoms with Gasteiger partial charge in [-0.25, -0.2) is 0 Å². The topological polar surface area (TPSA) is 54.7 Å². The van der Waals surface area contributed by atoms with Gasteiger partial charge in [-0.15, -0.1) is 11.3 Å². The number of thiophene rings is 1. The van der Waals surface area contributed by atoms with Crippen molar-refractivity contribution in [1.29, 1.82) is 0 Å². The molecule has 1 aliphatic heterocycles. The quantitative estimate of drug-likeness (QED) is 0.453. The third kappa shape index (κ3) is 4.80. The van der Waals surface area contributed by atoms with Crippen LogP contribution in [0.25, 0.3) is 0 Å². The normalized spacial score (nSPS) is 20.5. The lowest BCUT2D eigenvalue weighted by molar-refractivity contribution is -0.0765. The maximum Gasteiger partial charge on any atom is 0.291 e. The van der Waals surface area contributed by atoms with Gasteiger partial charge in [-0.05, 0) is 63.1 Å². The summed E-state index contributed by atoms with van der Waals surface area (Å²) in [7, 11) is 0. The number of aryl methyl sites for hydroxylation is 1. The molecule has 0 saturated carbocycles. The van der Waals surface area contributed by atoms with Crippen LogP contribution in [-0.2, 0) is 4.74 Å². The minimum Gasteiger partial charge on any atom is -0.459 e. The van der Waals surface area contributed by atoms with Crippen LogP contribution in [0.15, 0.2) is 51.6 Å². The molecule has 164 valence electrons. The number of halogens is 1. The van der Waals surface area contributed by atoms with E-state index >= 15 is 0 Å². The lowest BCUT2D eigenvalue weighted by atomic mass is 9.94. The Kier molecular flexibility index (Phi) is 6.67. The maximum absolute atomic E-state index is 12.8. The van der Waals surface area contributed by atoms with Gasteiger partial charge in [-0.3, -0.25) is 9.69 Å². The van der Waals surface area contributed by atoms with Crippen LogP contribution in [0.1, 0.15) is 52.0 Å². The Hall–Kier alpha value is -1.93. The van der Waals surface area contributed by atoms with Crippen LogP contribution >= 0.6 is 27.3 Å². The largest absolute Gasteiger partial charge is 0.459 e. The van der Waals surface area contributed by atoms with Crippen molar-refractivity contribution < 1.29 is 13.9 Å². The lowest BCUT2D eigenvalue weighted by Crippen LogP contribution is -2.47. The number of carbonyl (C=O) groups excluding carboxylic acids is 1. The number of furan rings is 1. The summed E-state index contributed by atoms with van der Waals surface area (Å²) < 4.78 is 12.4. The van der Waals surface area contributed by atoms with Crippen LogP contribution in [0.2, 0.25) is 0 Å². The average Bonchev–Trinajstić information content (AvgIpc) is 3.34. The Labute approximate surface area is 195 Å². The highest BCUT2D eigenvalue weighted by Gasteiger charge is 2.34. The Bertz CT molecular complexity index is 1040. The van der Waals surface area contributed by atoms with E-state index in [1.165, 1.54) is 22.3 Å². The molecule has 1 amide bonds. The number of amides is 1. The number of ether oxygens (including phenoxy) is 1. The molecule has 0 bridgehead atoms. The number of rotatable bonds is 5. The molecule has 4 rings (SSSR count). The second-order valence-corrected chi connectivity index (χ2v) is 10.3. The first kappa shape index (κ1) is 22.3. The molecule has 1 fully saturated rings. The van der Waals surface area contributed by atoms with E-state index in [-0.39, 0.29) is 24.2 Å². The fraction of sp³-hybridized carbons (Fsp3) is 0.375. The zero-order valence-corrected chi connectivity index (χ0v) is 20.5. The first-order valence-electron chi connectivity index (χ1n) is 10.4. The molecule has 7 heteroatoms. The Morgan fingerprint density at radius 1 is 1.16 bits per heavy atom. The van der Waals surface area contributed by atoms with Gasteiger partial charge >= 0.3 is 0 Å². The molecule has 1 saturated heterocycles. The predicted molar refractivity (Wildman–Crippen MR) is 128 cm³/mol. The fourth-order valence-electron chi connectivity index (χ4n) is 4.27. The SMILES string of the molecule is Cc1sc(NC(=O)c2ccco2)c([C@H](c2ccc(Br)cc2)N2C[C@@H](C)O[C@@H](C)C2)c1C. The number of hydrogen-bond acceptors (Lipinski definition) is 5. The number of nitrogens with zero attached hydrogens (tertiary/aromatic N) is 1. The predicted octanol–water partition coefficient (Wildman–Crippen LogP) is 6.17. The Balaban J connectivity index is 1.79. The van der Waals surface area contributed by atoms with Gasteiger partial charge in [-0.2, -0.15) is 0 Å². The summed E-state index contributed by atoms with van der Waals surface area (Å²) in [6.07, 6.45) is 1.80. The molecule has 3 atom stereocenters. The van der Waals surface area contributed by atoms with E-state index in [4.69, 9.17) is 9.15 Å². The van der Waals surface area contributed by atoms with E-state index in [0.29, 0.717) is 5.76 Å². The molecular formula is C24H27BrN2O3S. The Morgan fingerprint density at radius 2 is 1.84 bits per heavy atom. The van der Waals surface area contributed by atoms with E-state index < -0.39 is 0 Å². The van der Waals surface area contributed by atoms with Crippen molar-refractivity contribution in [2.45, 2.75) is 45.9 Å². The maximum atomic E-state index is 12.8. The molecular weight excluding hydrogens is 476 g/mol. The molecule has 3 aromatic rings. The molecule has 1 aliphatic rings. The minimum absolute atomic E-state index is 0.0127. The van der Waals surface area contributed by atoms with Crippen molar-refractivity contribution in [3.8, 4) is 0 Å². The van der Waals surface area contributed by atoms with Crippen LogP contribution < -0.4 is 5.32 Å². The van der Waals surface area contributed by atoms with Crippen LogP contribution in [0.4, 0.5) is 5.00 Å². The number of anilines is 1. The van der Waals surface area contributed by atoms with Crippen molar-refractivity contribution in [1.82, 2.24) is 4.90 Å². The second-order valence-electron chi connectivity index (χ2n) is 8.12. The summed E-state index contributed by atoms with van der Waals surface area (Å²) in [5.41, 5.74) is 3.55. The summed E-state index contributed by atoms with van der Waals surface area (Å²) >= 11 is 5.17. The molecule has 2 aromatic heterocycles. The number of carbonyl (C=O) groups is 1. The molecule has 3 heterocycles. The summed E-state index contributed by atoms with van der Waals surface area (Å²) in [5, 5.41) is 3.99. The lowest BCUT2D eigenvalue weighted by Gasteiger charge is -2.41. The number of benzene rings is 1. The van der Waals surface area contributed by atoms with Crippen LogP contribution in [-0.4, -0.2) is 36.1 Å². The van der Waals surface area contributed by atoms with Crippen molar-refractivity contribution in [2.75, 3.05) is 18.4 Å². The molecule has 1 aromatic carbocycles. The smallest absolute Gasteiger partial charge is 0.291 e. The highest BCUT2D eigenvalue weighted by Crippen LogP contribution is 2.43. The number of nitrogens with one attached hydrogen (secondary N) is 1. The zero-order chi connectivity index (χ0) is 22.1. The van der Waals surface area contributed by atoms with Crippen molar-refractivity contribution in [3.05, 3.63) is 74.5 Å². The summed E-state index contributed by atoms with van der Waals surface area (Å²) in [6, 6.07) is 11.9. The molecule has 5 nitrogen and oxygen atoms in total. The summed E-state index contributed by atoms with van der Waals surface area (Å²) in [5.74, 6) is 0.0780.